The molecule has 0 aromatic heterocycles. The monoisotopic (exact) mass is 359 g/mol. The summed E-state index contributed by atoms with van der Waals surface area (Å²) in [6.07, 6.45) is 0. The number of nitrogens with zero attached hydrogens (tertiary/aromatic N) is 2. The van der Waals surface area contributed by atoms with E-state index in [0.29, 0.717) is 5.46 Å². The molecule has 4 nitrogen and oxygen atoms in total. The van der Waals surface area contributed by atoms with E-state index >= 15 is 0 Å². The molecule has 2 atom stereocenters. The van der Waals surface area contributed by atoms with Gasteiger partial charge in [0, 0.05) is 7.05 Å². The zero-order valence-corrected chi connectivity index (χ0v) is 16.7. The molecular weight excluding hydrogens is 333 g/mol. The fourth-order valence-electron chi connectivity index (χ4n) is 3.65. The summed E-state index contributed by atoms with van der Waals surface area (Å²) in [5.41, 5.74) is 8.93. The quantitative estimate of drug-likeness (QED) is 0.838. The summed E-state index contributed by atoms with van der Waals surface area (Å²) in [5, 5.41) is 0. The molecule has 0 unspecified atom stereocenters. The molecule has 2 aromatic rings. The largest absolute Gasteiger partial charge is 0.369 e. The van der Waals surface area contributed by atoms with Gasteiger partial charge >= 0.3 is 0 Å². The van der Waals surface area contributed by atoms with Gasteiger partial charge in [-0.05, 0) is 29.0 Å². The number of guanidine groups is 1. The molecule has 5 heteroatoms. The molecule has 0 saturated heterocycles. The summed E-state index contributed by atoms with van der Waals surface area (Å²) in [7, 11) is 7.66. The smallest absolute Gasteiger partial charge is 0.239 e. The lowest BCUT2D eigenvalue weighted by atomic mass is 9.73. The molecule has 2 N–H and O–H groups in total. The van der Waals surface area contributed by atoms with Gasteiger partial charge in [0.05, 0.1) is 5.92 Å². The number of nitrogens with two attached hydrogens (primary N) is 1. The molecule has 0 spiro atoms. The number of amides is 1. The van der Waals surface area contributed by atoms with Crippen LogP contribution in [0.15, 0.2) is 53.5 Å². The first-order valence-corrected chi connectivity index (χ1v) is 9.13. The Morgan fingerprint density at radius 3 is 2.33 bits per heavy atom. The molecule has 1 heterocycles. The summed E-state index contributed by atoms with van der Waals surface area (Å²) < 4.78 is 0. The predicted octanol–water partition coefficient (Wildman–Crippen LogP) is 2.56. The summed E-state index contributed by atoms with van der Waals surface area (Å²) >= 11 is 0. The topological polar surface area (TPSA) is 58.7 Å². The van der Waals surface area contributed by atoms with Crippen LogP contribution in [0, 0.1) is 0 Å². The van der Waals surface area contributed by atoms with Crippen molar-refractivity contribution in [1.82, 2.24) is 4.90 Å². The van der Waals surface area contributed by atoms with Crippen molar-refractivity contribution < 1.29 is 4.79 Å². The van der Waals surface area contributed by atoms with Crippen molar-refractivity contribution in [3.05, 3.63) is 65.2 Å². The summed E-state index contributed by atoms with van der Waals surface area (Å²) in [6.45, 7) is 8.46. The molecule has 27 heavy (non-hydrogen) atoms. The van der Waals surface area contributed by atoms with Crippen LogP contribution in [-0.4, -0.2) is 31.7 Å². The minimum Gasteiger partial charge on any atom is -0.369 e. The molecule has 3 rings (SSSR count). The van der Waals surface area contributed by atoms with Crippen molar-refractivity contribution in [1.29, 1.82) is 0 Å². The number of rotatable bonds is 2. The average Bonchev–Trinajstić information content (AvgIpc) is 2.59. The maximum absolute atomic E-state index is 13.2. The average molecular weight is 359 g/mol. The first kappa shape index (κ1) is 19.2. The van der Waals surface area contributed by atoms with Gasteiger partial charge < -0.3 is 5.73 Å². The van der Waals surface area contributed by atoms with E-state index in [4.69, 9.17) is 18.6 Å². The van der Waals surface area contributed by atoms with E-state index in [2.05, 4.69) is 32.9 Å². The maximum atomic E-state index is 13.2. The van der Waals surface area contributed by atoms with Crippen LogP contribution in [0.25, 0.3) is 0 Å². The highest BCUT2D eigenvalue weighted by molar-refractivity contribution is 6.32. The highest BCUT2D eigenvalue weighted by Gasteiger charge is 2.47. The van der Waals surface area contributed by atoms with Gasteiger partial charge in [0.15, 0.2) is 5.96 Å². The van der Waals surface area contributed by atoms with E-state index in [9.17, 15) is 4.79 Å². The lowest BCUT2D eigenvalue weighted by Gasteiger charge is -2.41. The molecule has 1 aliphatic heterocycles. The van der Waals surface area contributed by atoms with Crippen molar-refractivity contribution in [3.8, 4) is 0 Å². The van der Waals surface area contributed by atoms with Crippen LogP contribution in [-0.2, 0) is 15.7 Å². The second-order valence-electron chi connectivity index (χ2n) is 8.45. The van der Waals surface area contributed by atoms with Crippen LogP contribution in [0.2, 0.25) is 0 Å². The molecule has 2 radical (unpaired) electrons. The zero-order valence-electron chi connectivity index (χ0n) is 16.7. The van der Waals surface area contributed by atoms with E-state index in [1.807, 2.05) is 43.3 Å². The normalized spacial score (nSPS) is 23.3. The van der Waals surface area contributed by atoms with Crippen LogP contribution in [0.5, 0.6) is 0 Å². The first-order valence-electron chi connectivity index (χ1n) is 9.13. The molecular formula is C22H26BN3O. The van der Waals surface area contributed by atoms with Crippen molar-refractivity contribution in [2.24, 2.45) is 10.7 Å². The molecule has 0 saturated carbocycles. The Kier molecular flexibility index (Phi) is 4.67. The van der Waals surface area contributed by atoms with Gasteiger partial charge in [0.1, 0.15) is 13.4 Å². The molecule has 0 fully saturated rings. The Balaban J connectivity index is 2.16. The van der Waals surface area contributed by atoms with Crippen molar-refractivity contribution in [3.63, 3.8) is 0 Å². The molecule has 0 aliphatic carbocycles. The van der Waals surface area contributed by atoms with Gasteiger partial charge in [-0.2, -0.15) is 0 Å². The third-order valence-electron chi connectivity index (χ3n) is 5.41. The van der Waals surface area contributed by atoms with E-state index < -0.39 is 11.5 Å². The lowest BCUT2D eigenvalue weighted by Crippen LogP contribution is -2.52. The Morgan fingerprint density at radius 2 is 1.78 bits per heavy atom. The molecule has 1 aliphatic rings. The van der Waals surface area contributed by atoms with Crippen molar-refractivity contribution in [2.75, 3.05) is 7.05 Å². The summed E-state index contributed by atoms with van der Waals surface area (Å²) in [5.74, 6) is -0.339. The van der Waals surface area contributed by atoms with Gasteiger partial charge in [-0.1, -0.05) is 74.8 Å². The molecule has 2 aromatic carbocycles. The van der Waals surface area contributed by atoms with E-state index in [1.165, 1.54) is 10.5 Å². The minimum absolute atomic E-state index is 0.0473. The second kappa shape index (κ2) is 6.56. The van der Waals surface area contributed by atoms with E-state index in [-0.39, 0.29) is 17.3 Å². The predicted molar refractivity (Wildman–Crippen MR) is 111 cm³/mol. The number of carbonyl (C=O) groups excluding carboxylic acids is 1. The SMILES string of the molecule is [B]c1cccc([C@@]2(C)N=C(N)N(C)C(=O)[C@H]2c2ccc(C(C)(C)C)cc2)c1. The highest BCUT2D eigenvalue weighted by Crippen LogP contribution is 2.43. The van der Waals surface area contributed by atoms with E-state index in [1.54, 1.807) is 7.05 Å². The first-order chi connectivity index (χ1) is 12.5. The summed E-state index contributed by atoms with van der Waals surface area (Å²) in [4.78, 5) is 19.4. The number of aliphatic imine (C=N–C) groups is 1. The summed E-state index contributed by atoms with van der Waals surface area (Å²) in [6, 6.07) is 15.7. The van der Waals surface area contributed by atoms with E-state index in [0.717, 1.165) is 11.1 Å². The van der Waals surface area contributed by atoms with Gasteiger partial charge in [-0.3, -0.25) is 9.69 Å². The van der Waals surface area contributed by atoms with Gasteiger partial charge in [0.25, 0.3) is 0 Å². The van der Waals surface area contributed by atoms with Crippen LogP contribution in [0.4, 0.5) is 0 Å². The van der Waals surface area contributed by atoms with Crippen molar-refractivity contribution >= 4 is 25.2 Å². The van der Waals surface area contributed by atoms with Crippen LogP contribution >= 0.6 is 0 Å². The Morgan fingerprint density at radius 1 is 1.15 bits per heavy atom. The fourth-order valence-corrected chi connectivity index (χ4v) is 3.65. The van der Waals surface area contributed by atoms with Crippen LogP contribution in [0.1, 0.15) is 50.3 Å². The second-order valence-corrected chi connectivity index (χ2v) is 8.45. The minimum atomic E-state index is -0.827. The number of likely N-dealkylation sites (N-methyl/N-ethyl adjacent to an activating group) is 1. The number of carbonyl (C=O) groups is 1. The van der Waals surface area contributed by atoms with Gasteiger partial charge in [0.2, 0.25) is 5.91 Å². The number of hydrogen-bond acceptors (Lipinski definition) is 3. The Hall–Kier alpha value is -2.56. The maximum Gasteiger partial charge on any atom is 0.239 e. The lowest BCUT2D eigenvalue weighted by molar-refractivity contribution is -0.130. The number of hydrogen-bond donors (Lipinski definition) is 1. The third kappa shape index (κ3) is 3.38. The Labute approximate surface area is 162 Å². The van der Waals surface area contributed by atoms with Crippen molar-refractivity contribution in [2.45, 2.75) is 44.6 Å². The molecule has 138 valence electrons. The van der Waals surface area contributed by atoms with Crippen LogP contribution in [0.3, 0.4) is 0 Å². The molecule has 1 amide bonds. The standard InChI is InChI=1S/C22H26BN3O/c1-21(2,3)15-11-9-14(10-12-15)18-19(27)26(5)20(24)25-22(18,4)16-7-6-8-17(23)13-16/h6-13,18H,1-5H3,(H2,24,25)/t18-,22-/m1/s1. The fraction of sp³-hybridized carbons (Fsp3) is 0.364. The van der Waals surface area contributed by atoms with Crippen LogP contribution < -0.4 is 11.2 Å². The third-order valence-corrected chi connectivity index (χ3v) is 5.41. The van der Waals surface area contributed by atoms with Gasteiger partial charge in [-0.25, -0.2) is 4.99 Å². The van der Waals surface area contributed by atoms with Gasteiger partial charge in [-0.15, -0.1) is 0 Å². The zero-order chi connectivity index (χ0) is 20.0. The highest BCUT2D eigenvalue weighted by atomic mass is 16.2. The Bertz CT molecular complexity index is 899. The molecule has 0 bridgehead atoms. The number of benzene rings is 2.